The quantitative estimate of drug-likeness (QED) is 0.714. The van der Waals surface area contributed by atoms with Gasteiger partial charge >= 0.3 is 0 Å². The number of hydrogen-bond donors (Lipinski definition) is 0. The molecule has 0 N–H and O–H groups in total. The van der Waals surface area contributed by atoms with E-state index in [1.807, 2.05) is 36.6 Å². The van der Waals surface area contributed by atoms with E-state index >= 15 is 0 Å². The molecule has 0 saturated carbocycles. The van der Waals surface area contributed by atoms with Gasteiger partial charge in [-0.3, -0.25) is 19.5 Å². The van der Waals surface area contributed by atoms with Crippen LogP contribution in [0.4, 0.5) is 5.69 Å². The van der Waals surface area contributed by atoms with Gasteiger partial charge in [-0.15, -0.1) is 11.3 Å². The molecule has 2 aliphatic rings. The predicted molar refractivity (Wildman–Crippen MR) is 117 cm³/mol. The molecule has 0 spiro atoms. The number of carbonyl (C=O) groups excluding carboxylic acids is 2. The molecule has 28 heavy (non-hydrogen) atoms. The highest BCUT2D eigenvalue weighted by atomic mass is 35.5. The Morgan fingerprint density at radius 2 is 2.04 bits per heavy atom. The molecule has 1 saturated heterocycles. The average Bonchev–Trinajstić information content (AvgIpc) is 3.44. The maximum Gasteiger partial charge on any atom is 0.264 e. The number of halogens is 1. The molecule has 8 heteroatoms. The third-order valence-electron chi connectivity index (χ3n) is 4.81. The summed E-state index contributed by atoms with van der Waals surface area (Å²) in [5, 5.41) is 3.18. The summed E-state index contributed by atoms with van der Waals surface area (Å²) in [6, 6.07) is 10.5. The number of nitrogens with zero attached hydrogens (tertiary/aromatic N) is 3. The van der Waals surface area contributed by atoms with Crippen molar-refractivity contribution in [1.29, 1.82) is 0 Å². The zero-order valence-corrected chi connectivity index (χ0v) is 17.8. The molecular formula is C20H20ClN3O2S2. The van der Waals surface area contributed by atoms with E-state index in [2.05, 4.69) is 4.99 Å². The Morgan fingerprint density at radius 3 is 2.68 bits per heavy atom. The number of amides is 2. The first-order valence-corrected chi connectivity index (χ1v) is 11.4. The van der Waals surface area contributed by atoms with Gasteiger partial charge in [0.15, 0.2) is 5.17 Å². The fourth-order valence-corrected chi connectivity index (χ4v) is 5.31. The minimum absolute atomic E-state index is 0.0729. The lowest BCUT2D eigenvalue weighted by Crippen LogP contribution is -2.49. The number of thiophene rings is 1. The monoisotopic (exact) mass is 433 g/mol. The first kappa shape index (κ1) is 19.5. The van der Waals surface area contributed by atoms with Gasteiger partial charge in [0, 0.05) is 17.3 Å². The molecule has 0 aliphatic carbocycles. The van der Waals surface area contributed by atoms with Gasteiger partial charge < -0.3 is 4.90 Å². The standard InChI is InChI=1S/C20H20ClN3O2S2/c1-13-12-28-20(22-13)24(15-8-6-14(21)7-9-15)18(25)16-4-2-10-23(16)19(26)17-5-3-11-27-17/h3,5-9,11,13,16H,2,4,10,12H2,1H3/t13-,16+/m1/s1. The van der Waals surface area contributed by atoms with Gasteiger partial charge in [-0.05, 0) is 55.5 Å². The fourth-order valence-electron chi connectivity index (χ4n) is 3.46. The van der Waals surface area contributed by atoms with Crippen LogP contribution in [0.1, 0.15) is 29.4 Å². The summed E-state index contributed by atoms with van der Waals surface area (Å²) in [6.45, 7) is 2.63. The van der Waals surface area contributed by atoms with E-state index in [1.165, 1.54) is 11.3 Å². The maximum absolute atomic E-state index is 13.6. The van der Waals surface area contributed by atoms with Gasteiger partial charge in [0.1, 0.15) is 6.04 Å². The second-order valence-corrected chi connectivity index (χ2v) is 9.23. The minimum atomic E-state index is -0.482. The Morgan fingerprint density at radius 1 is 1.25 bits per heavy atom. The zero-order chi connectivity index (χ0) is 19.7. The molecular weight excluding hydrogens is 414 g/mol. The third kappa shape index (κ3) is 3.83. The van der Waals surface area contributed by atoms with Gasteiger partial charge in [-0.2, -0.15) is 0 Å². The Balaban J connectivity index is 1.65. The van der Waals surface area contributed by atoms with E-state index in [1.54, 1.807) is 33.7 Å². The number of aliphatic imine (C=N–C) groups is 1. The van der Waals surface area contributed by atoms with Crippen LogP contribution in [0.2, 0.25) is 5.02 Å². The van der Waals surface area contributed by atoms with Crippen molar-refractivity contribution in [2.45, 2.75) is 31.8 Å². The molecule has 5 nitrogen and oxygen atoms in total. The summed E-state index contributed by atoms with van der Waals surface area (Å²) in [5.74, 6) is 0.663. The van der Waals surface area contributed by atoms with Gasteiger partial charge in [-0.25, -0.2) is 0 Å². The lowest BCUT2D eigenvalue weighted by atomic mass is 10.1. The van der Waals surface area contributed by atoms with Gasteiger partial charge in [0.25, 0.3) is 11.8 Å². The van der Waals surface area contributed by atoms with Crippen molar-refractivity contribution >= 4 is 57.4 Å². The van der Waals surface area contributed by atoms with E-state index in [9.17, 15) is 9.59 Å². The zero-order valence-electron chi connectivity index (χ0n) is 15.4. The Kier molecular flexibility index (Phi) is 5.75. The third-order valence-corrected chi connectivity index (χ3v) is 7.12. The van der Waals surface area contributed by atoms with Crippen LogP contribution < -0.4 is 4.90 Å². The highest BCUT2D eigenvalue weighted by molar-refractivity contribution is 8.14. The summed E-state index contributed by atoms with van der Waals surface area (Å²) in [6.07, 6.45) is 1.48. The largest absolute Gasteiger partial charge is 0.326 e. The van der Waals surface area contributed by atoms with Gasteiger partial charge in [-0.1, -0.05) is 29.4 Å². The fraction of sp³-hybridized carbons (Fsp3) is 0.350. The van der Waals surface area contributed by atoms with Crippen LogP contribution in [0.5, 0.6) is 0 Å². The van der Waals surface area contributed by atoms with Gasteiger partial charge in [0.2, 0.25) is 0 Å². The Hall–Kier alpha value is -1.83. The average molecular weight is 434 g/mol. The van der Waals surface area contributed by atoms with Crippen LogP contribution in [-0.2, 0) is 4.79 Å². The summed E-state index contributed by atoms with van der Waals surface area (Å²) >= 11 is 9.01. The highest BCUT2D eigenvalue weighted by Crippen LogP contribution is 2.31. The minimum Gasteiger partial charge on any atom is -0.326 e. The van der Waals surface area contributed by atoms with E-state index in [-0.39, 0.29) is 17.9 Å². The number of hydrogen-bond acceptors (Lipinski definition) is 5. The summed E-state index contributed by atoms with van der Waals surface area (Å²) in [4.78, 5) is 35.2. The molecule has 1 aromatic carbocycles. The Bertz CT molecular complexity index is 899. The van der Waals surface area contributed by atoms with E-state index in [4.69, 9.17) is 11.6 Å². The van der Waals surface area contributed by atoms with Crippen LogP contribution in [-0.4, -0.2) is 46.3 Å². The smallest absolute Gasteiger partial charge is 0.264 e. The van der Waals surface area contributed by atoms with Crippen molar-refractivity contribution in [2.75, 3.05) is 17.2 Å². The first-order valence-electron chi connectivity index (χ1n) is 9.19. The highest BCUT2D eigenvalue weighted by Gasteiger charge is 2.40. The molecule has 1 fully saturated rings. The van der Waals surface area contributed by atoms with Crippen LogP contribution >= 0.6 is 34.7 Å². The summed E-state index contributed by atoms with van der Waals surface area (Å²) < 4.78 is 0. The lowest BCUT2D eigenvalue weighted by molar-refractivity contribution is -0.121. The molecule has 2 atom stereocenters. The SMILES string of the molecule is C[C@@H]1CSC(N(C(=O)[C@@H]2CCCN2C(=O)c2cccs2)c2ccc(Cl)cc2)=N1. The number of rotatable bonds is 3. The summed E-state index contributed by atoms with van der Waals surface area (Å²) in [5.41, 5.74) is 0.727. The van der Waals surface area contributed by atoms with Crippen LogP contribution in [0.15, 0.2) is 46.8 Å². The first-order chi connectivity index (χ1) is 13.5. The second-order valence-electron chi connectivity index (χ2n) is 6.86. The Labute approximate surface area is 177 Å². The van der Waals surface area contributed by atoms with Crippen molar-refractivity contribution in [2.24, 2.45) is 4.99 Å². The second kappa shape index (κ2) is 8.27. The normalized spacial score (nSPS) is 21.6. The van der Waals surface area contributed by atoms with Crippen LogP contribution in [0, 0.1) is 0 Å². The molecule has 0 unspecified atom stereocenters. The number of thioether (sulfide) groups is 1. The van der Waals surface area contributed by atoms with Crippen molar-refractivity contribution in [1.82, 2.24) is 4.90 Å². The molecule has 3 heterocycles. The molecule has 0 bridgehead atoms. The van der Waals surface area contributed by atoms with Crippen molar-refractivity contribution in [3.05, 3.63) is 51.7 Å². The van der Waals surface area contributed by atoms with Crippen LogP contribution in [0.25, 0.3) is 0 Å². The molecule has 146 valence electrons. The van der Waals surface area contributed by atoms with E-state index in [0.29, 0.717) is 28.0 Å². The van der Waals surface area contributed by atoms with E-state index < -0.39 is 6.04 Å². The molecule has 1 aromatic heterocycles. The molecule has 0 radical (unpaired) electrons. The van der Waals surface area contributed by atoms with E-state index in [0.717, 1.165) is 17.9 Å². The lowest BCUT2D eigenvalue weighted by Gasteiger charge is -2.30. The number of amidine groups is 1. The summed E-state index contributed by atoms with van der Waals surface area (Å²) in [7, 11) is 0. The number of anilines is 1. The molecule has 4 rings (SSSR count). The molecule has 2 aliphatic heterocycles. The number of likely N-dealkylation sites (tertiary alicyclic amines) is 1. The number of carbonyl (C=O) groups is 2. The topological polar surface area (TPSA) is 53.0 Å². The molecule has 2 amide bonds. The van der Waals surface area contributed by atoms with Crippen molar-refractivity contribution in [3.63, 3.8) is 0 Å². The predicted octanol–water partition coefficient (Wildman–Crippen LogP) is 4.53. The number of benzene rings is 1. The van der Waals surface area contributed by atoms with Crippen LogP contribution in [0.3, 0.4) is 0 Å². The maximum atomic E-state index is 13.6. The van der Waals surface area contributed by atoms with Gasteiger partial charge in [0.05, 0.1) is 16.6 Å². The van der Waals surface area contributed by atoms with Crippen molar-refractivity contribution < 1.29 is 9.59 Å². The molecule has 2 aromatic rings. The van der Waals surface area contributed by atoms with Crippen molar-refractivity contribution in [3.8, 4) is 0 Å².